The Morgan fingerprint density at radius 2 is 1.59 bits per heavy atom. The van der Waals surface area contributed by atoms with Gasteiger partial charge in [-0.2, -0.15) is 0 Å². The van der Waals surface area contributed by atoms with Crippen molar-refractivity contribution in [3.05, 3.63) is 29.3 Å². The van der Waals surface area contributed by atoms with Crippen LogP contribution in [0.25, 0.3) is 0 Å². The summed E-state index contributed by atoms with van der Waals surface area (Å²) in [6, 6.07) is 5.60. The Hall–Kier alpha value is -0.940. The van der Waals surface area contributed by atoms with Crippen LogP contribution in [0.4, 0.5) is 5.69 Å². The monoisotopic (exact) mass is 269 g/mol. The van der Waals surface area contributed by atoms with Gasteiger partial charge in [-0.05, 0) is 23.3 Å². The highest BCUT2D eigenvalue weighted by Crippen LogP contribution is 2.23. The SMILES string of the molecule is CC(=O)SCc1ccc(N)cc1CSC(C)=O. The van der Waals surface area contributed by atoms with Crippen LogP contribution >= 0.6 is 23.5 Å². The second kappa shape index (κ2) is 6.71. The first-order chi connectivity index (χ1) is 7.99. The average Bonchev–Trinajstić information content (AvgIpc) is 2.24. The first kappa shape index (κ1) is 14.1. The van der Waals surface area contributed by atoms with E-state index in [0.29, 0.717) is 17.2 Å². The first-order valence-electron chi connectivity index (χ1n) is 5.13. The molecule has 3 nitrogen and oxygen atoms in total. The van der Waals surface area contributed by atoms with Gasteiger partial charge in [0.15, 0.2) is 10.2 Å². The first-order valence-corrected chi connectivity index (χ1v) is 7.10. The molecule has 0 heterocycles. The topological polar surface area (TPSA) is 60.2 Å². The van der Waals surface area contributed by atoms with Crippen molar-refractivity contribution in [2.45, 2.75) is 25.4 Å². The minimum absolute atomic E-state index is 0.0811. The Morgan fingerprint density at radius 1 is 1.06 bits per heavy atom. The molecular weight excluding hydrogens is 254 g/mol. The highest BCUT2D eigenvalue weighted by Gasteiger charge is 2.06. The van der Waals surface area contributed by atoms with Crippen LogP contribution in [0.15, 0.2) is 18.2 Å². The van der Waals surface area contributed by atoms with E-state index in [2.05, 4.69) is 0 Å². The number of rotatable bonds is 4. The van der Waals surface area contributed by atoms with Crippen molar-refractivity contribution in [3.8, 4) is 0 Å². The fourth-order valence-electron chi connectivity index (χ4n) is 1.28. The Bertz CT molecular complexity index is 433. The van der Waals surface area contributed by atoms with Gasteiger partial charge in [0.05, 0.1) is 0 Å². The van der Waals surface area contributed by atoms with Gasteiger partial charge in [0.2, 0.25) is 0 Å². The maximum atomic E-state index is 11.0. The second-order valence-electron chi connectivity index (χ2n) is 3.59. The van der Waals surface area contributed by atoms with E-state index in [1.54, 1.807) is 13.8 Å². The van der Waals surface area contributed by atoms with Crippen molar-refractivity contribution in [1.29, 1.82) is 0 Å². The fourth-order valence-corrected chi connectivity index (χ4v) is 2.55. The van der Waals surface area contributed by atoms with E-state index in [-0.39, 0.29) is 10.2 Å². The van der Waals surface area contributed by atoms with Crippen molar-refractivity contribution in [2.75, 3.05) is 5.73 Å². The van der Waals surface area contributed by atoms with Gasteiger partial charge < -0.3 is 5.73 Å². The lowest BCUT2D eigenvalue weighted by Crippen LogP contribution is -1.96. The Kier molecular flexibility index (Phi) is 5.58. The molecule has 0 aliphatic rings. The second-order valence-corrected chi connectivity index (χ2v) is 5.89. The summed E-state index contributed by atoms with van der Waals surface area (Å²) < 4.78 is 0. The fraction of sp³-hybridized carbons (Fsp3) is 0.333. The van der Waals surface area contributed by atoms with Crippen LogP contribution in [-0.4, -0.2) is 10.2 Å². The van der Waals surface area contributed by atoms with Crippen LogP contribution < -0.4 is 5.73 Å². The maximum absolute atomic E-state index is 11.0. The van der Waals surface area contributed by atoms with E-state index in [4.69, 9.17) is 5.73 Å². The van der Waals surface area contributed by atoms with E-state index in [1.165, 1.54) is 23.5 Å². The molecule has 0 atom stereocenters. The third kappa shape index (κ3) is 5.28. The zero-order chi connectivity index (χ0) is 12.8. The summed E-state index contributed by atoms with van der Waals surface area (Å²) in [5.74, 6) is 1.23. The third-order valence-electron chi connectivity index (χ3n) is 2.09. The Labute approximate surface area is 110 Å². The van der Waals surface area contributed by atoms with Crippen molar-refractivity contribution in [1.82, 2.24) is 0 Å². The lowest BCUT2D eigenvalue weighted by Gasteiger charge is -2.08. The number of thioether (sulfide) groups is 2. The van der Waals surface area contributed by atoms with Gasteiger partial charge >= 0.3 is 0 Å². The van der Waals surface area contributed by atoms with Crippen molar-refractivity contribution >= 4 is 39.4 Å². The van der Waals surface area contributed by atoms with Gasteiger partial charge in [-0.3, -0.25) is 9.59 Å². The number of benzene rings is 1. The molecule has 5 heteroatoms. The number of nitrogen functional groups attached to an aromatic ring is 1. The molecule has 1 aromatic rings. The molecule has 0 aliphatic heterocycles. The molecule has 0 aliphatic carbocycles. The predicted molar refractivity (Wildman–Crippen MR) is 74.8 cm³/mol. The number of hydrogen-bond acceptors (Lipinski definition) is 5. The van der Waals surface area contributed by atoms with Gasteiger partial charge in [-0.25, -0.2) is 0 Å². The standard InChI is InChI=1S/C12H15NO2S2/c1-8(14)16-6-10-3-4-12(13)5-11(10)7-17-9(2)15/h3-5H,6-7,13H2,1-2H3. The quantitative estimate of drug-likeness (QED) is 0.852. The zero-order valence-electron chi connectivity index (χ0n) is 9.86. The van der Waals surface area contributed by atoms with Crippen LogP contribution in [0, 0.1) is 0 Å². The molecule has 17 heavy (non-hydrogen) atoms. The summed E-state index contributed by atoms with van der Waals surface area (Å²) >= 11 is 2.52. The summed E-state index contributed by atoms with van der Waals surface area (Å²) in [6.07, 6.45) is 0. The van der Waals surface area contributed by atoms with E-state index >= 15 is 0 Å². The van der Waals surface area contributed by atoms with E-state index in [1.807, 2.05) is 18.2 Å². The molecular formula is C12H15NO2S2. The molecule has 0 aromatic heterocycles. The summed E-state index contributed by atoms with van der Waals surface area (Å²) in [5, 5.41) is 0.171. The summed E-state index contributed by atoms with van der Waals surface area (Å²) in [5.41, 5.74) is 8.49. The molecule has 0 unspecified atom stereocenters. The number of anilines is 1. The molecule has 0 saturated heterocycles. The zero-order valence-corrected chi connectivity index (χ0v) is 11.5. The largest absolute Gasteiger partial charge is 0.399 e. The molecule has 0 saturated carbocycles. The molecule has 1 rings (SSSR count). The van der Waals surface area contributed by atoms with Crippen molar-refractivity contribution in [2.24, 2.45) is 0 Å². The Balaban J connectivity index is 2.79. The van der Waals surface area contributed by atoms with Crippen LogP contribution in [0.5, 0.6) is 0 Å². The summed E-state index contributed by atoms with van der Waals surface area (Å²) in [4.78, 5) is 21.9. The third-order valence-corrected chi connectivity index (χ3v) is 3.82. The van der Waals surface area contributed by atoms with Gasteiger partial charge in [-0.15, -0.1) is 0 Å². The van der Waals surface area contributed by atoms with Crippen molar-refractivity contribution < 1.29 is 9.59 Å². The van der Waals surface area contributed by atoms with Crippen molar-refractivity contribution in [3.63, 3.8) is 0 Å². The molecule has 1 aromatic carbocycles. The summed E-state index contributed by atoms with van der Waals surface area (Å²) in [7, 11) is 0. The lowest BCUT2D eigenvalue weighted by molar-refractivity contribution is -0.109. The van der Waals surface area contributed by atoms with E-state index < -0.39 is 0 Å². The number of carbonyl (C=O) groups excluding carboxylic acids is 2. The van der Waals surface area contributed by atoms with Crippen LogP contribution in [0.3, 0.4) is 0 Å². The number of hydrogen-bond donors (Lipinski definition) is 1. The molecule has 2 N–H and O–H groups in total. The highest BCUT2D eigenvalue weighted by atomic mass is 32.2. The molecule has 0 spiro atoms. The molecule has 0 amide bonds. The number of nitrogens with two attached hydrogens (primary N) is 1. The maximum Gasteiger partial charge on any atom is 0.186 e. The minimum Gasteiger partial charge on any atom is -0.399 e. The van der Waals surface area contributed by atoms with E-state index in [9.17, 15) is 9.59 Å². The molecule has 0 radical (unpaired) electrons. The average molecular weight is 269 g/mol. The van der Waals surface area contributed by atoms with E-state index in [0.717, 1.165) is 11.1 Å². The van der Waals surface area contributed by atoms with Crippen LogP contribution in [0.1, 0.15) is 25.0 Å². The van der Waals surface area contributed by atoms with Crippen LogP contribution in [-0.2, 0) is 21.1 Å². The van der Waals surface area contributed by atoms with Gasteiger partial charge in [0, 0.05) is 31.0 Å². The summed E-state index contributed by atoms with van der Waals surface area (Å²) in [6.45, 7) is 3.09. The molecule has 0 fully saturated rings. The molecule has 0 bridgehead atoms. The number of carbonyl (C=O) groups is 2. The predicted octanol–water partition coefficient (Wildman–Crippen LogP) is 2.83. The van der Waals surface area contributed by atoms with Gasteiger partial charge in [0.25, 0.3) is 0 Å². The van der Waals surface area contributed by atoms with Gasteiger partial charge in [-0.1, -0.05) is 29.6 Å². The smallest absolute Gasteiger partial charge is 0.186 e. The Morgan fingerprint density at radius 3 is 2.12 bits per heavy atom. The highest BCUT2D eigenvalue weighted by molar-refractivity contribution is 8.13. The molecule has 92 valence electrons. The van der Waals surface area contributed by atoms with Crippen LogP contribution in [0.2, 0.25) is 0 Å². The normalized spacial score (nSPS) is 10.2. The van der Waals surface area contributed by atoms with Gasteiger partial charge in [0.1, 0.15) is 0 Å². The minimum atomic E-state index is 0.0811. The lowest BCUT2D eigenvalue weighted by atomic mass is 10.1.